The highest BCUT2D eigenvalue weighted by atomic mass is 16.5. The normalized spacial score (nSPS) is 12.2. The van der Waals surface area contributed by atoms with Crippen molar-refractivity contribution in [3.8, 4) is 11.4 Å². The van der Waals surface area contributed by atoms with E-state index in [0.717, 1.165) is 41.5 Å². The van der Waals surface area contributed by atoms with Gasteiger partial charge >= 0.3 is 0 Å². The number of rotatable bonds is 8. The average Bonchev–Trinajstić information content (AvgIpc) is 3.16. The Balaban J connectivity index is 1.61. The molecule has 4 aromatic rings. The fourth-order valence-electron chi connectivity index (χ4n) is 3.98. The van der Waals surface area contributed by atoms with E-state index in [2.05, 4.69) is 29.9 Å². The maximum atomic E-state index is 12.7. The van der Waals surface area contributed by atoms with Crippen molar-refractivity contribution < 1.29 is 4.74 Å². The molecule has 160 valence electrons. The predicted octanol–water partition coefficient (Wildman–Crippen LogP) is 4.66. The Morgan fingerprint density at radius 3 is 2.74 bits per heavy atom. The van der Waals surface area contributed by atoms with Gasteiger partial charge in [0, 0.05) is 41.1 Å². The molecule has 1 unspecified atom stereocenters. The van der Waals surface area contributed by atoms with Crippen LogP contribution in [0.3, 0.4) is 0 Å². The summed E-state index contributed by atoms with van der Waals surface area (Å²) in [7, 11) is 0. The summed E-state index contributed by atoms with van der Waals surface area (Å²) in [6, 6.07) is 15.0. The molecule has 0 spiro atoms. The van der Waals surface area contributed by atoms with Crippen molar-refractivity contribution in [2.45, 2.75) is 45.8 Å². The topological polar surface area (TPSA) is 85.9 Å². The third-order valence-electron chi connectivity index (χ3n) is 5.51. The summed E-state index contributed by atoms with van der Waals surface area (Å²) in [5.41, 5.74) is 11.3. The van der Waals surface area contributed by atoms with Crippen LogP contribution in [0.15, 0.2) is 65.7 Å². The standard InChI is InChI=1S/C25H28N4O2/c1-3-7-21(26)25-20-10-9-18(14-23(20)28-22(25)4-2)29-13-11-19(15-24(29)30)31-16-17-8-5-6-12-27-17/h5-6,8-15,21,28H,3-4,7,16,26H2,1-2H3. The molecule has 0 fully saturated rings. The third-order valence-corrected chi connectivity index (χ3v) is 5.51. The zero-order chi connectivity index (χ0) is 21.8. The van der Waals surface area contributed by atoms with Crippen LogP contribution in [0.5, 0.6) is 5.75 Å². The molecule has 3 N–H and O–H groups in total. The Morgan fingerprint density at radius 2 is 2.03 bits per heavy atom. The zero-order valence-corrected chi connectivity index (χ0v) is 18.0. The molecule has 4 rings (SSSR count). The Morgan fingerprint density at radius 1 is 1.16 bits per heavy atom. The number of H-pyrrole nitrogens is 1. The lowest BCUT2D eigenvalue weighted by Crippen LogP contribution is -2.16. The van der Waals surface area contributed by atoms with Gasteiger partial charge in [-0.3, -0.25) is 14.3 Å². The SMILES string of the molecule is CCCC(N)c1c(CC)[nH]c2cc(-n3ccc(OCc4ccccn4)cc3=O)ccc12. The minimum absolute atomic E-state index is 0.0119. The molecular weight excluding hydrogens is 388 g/mol. The lowest BCUT2D eigenvalue weighted by Gasteiger charge is -2.12. The minimum Gasteiger partial charge on any atom is -0.487 e. The number of aromatic nitrogens is 3. The molecule has 0 radical (unpaired) electrons. The highest BCUT2D eigenvalue weighted by molar-refractivity contribution is 5.87. The van der Waals surface area contributed by atoms with Crippen LogP contribution in [0.1, 0.15) is 49.7 Å². The Hall–Kier alpha value is -3.38. The Kier molecular flexibility index (Phi) is 6.18. The molecule has 0 bridgehead atoms. The number of hydrogen-bond acceptors (Lipinski definition) is 4. The van der Waals surface area contributed by atoms with Crippen molar-refractivity contribution >= 4 is 10.9 Å². The number of aryl methyl sites for hydroxylation is 1. The first-order valence-electron chi connectivity index (χ1n) is 10.8. The largest absolute Gasteiger partial charge is 0.487 e. The van der Waals surface area contributed by atoms with Gasteiger partial charge in [-0.2, -0.15) is 0 Å². The quantitative estimate of drug-likeness (QED) is 0.438. The molecule has 6 nitrogen and oxygen atoms in total. The van der Waals surface area contributed by atoms with Gasteiger partial charge in [-0.25, -0.2) is 0 Å². The summed E-state index contributed by atoms with van der Waals surface area (Å²) < 4.78 is 7.34. The number of hydrogen-bond donors (Lipinski definition) is 2. The second kappa shape index (κ2) is 9.18. The Labute approximate surface area is 181 Å². The van der Waals surface area contributed by atoms with Crippen LogP contribution >= 0.6 is 0 Å². The van der Waals surface area contributed by atoms with E-state index in [1.165, 1.54) is 17.3 Å². The molecule has 3 aromatic heterocycles. The number of pyridine rings is 2. The molecule has 0 aliphatic carbocycles. The van der Waals surface area contributed by atoms with Gasteiger partial charge in [0.05, 0.1) is 11.4 Å². The monoisotopic (exact) mass is 416 g/mol. The molecule has 0 saturated heterocycles. The minimum atomic E-state index is -0.150. The van der Waals surface area contributed by atoms with E-state index in [1.54, 1.807) is 23.0 Å². The maximum absolute atomic E-state index is 12.7. The lowest BCUT2D eigenvalue weighted by atomic mass is 9.98. The smallest absolute Gasteiger partial charge is 0.258 e. The molecule has 6 heteroatoms. The van der Waals surface area contributed by atoms with Crippen LogP contribution in [0.25, 0.3) is 16.6 Å². The molecule has 1 atom stereocenters. The summed E-state index contributed by atoms with van der Waals surface area (Å²) in [6.07, 6.45) is 6.34. The molecular formula is C25H28N4O2. The number of fused-ring (bicyclic) bond motifs is 1. The van der Waals surface area contributed by atoms with Crippen LogP contribution in [0.2, 0.25) is 0 Å². The van der Waals surface area contributed by atoms with E-state index in [9.17, 15) is 4.79 Å². The van der Waals surface area contributed by atoms with E-state index in [4.69, 9.17) is 10.5 Å². The fourth-order valence-corrected chi connectivity index (χ4v) is 3.98. The highest BCUT2D eigenvalue weighted by Crippen LogP contribution is 2.31. The first-order chi connectivity index (χ1) is 15.1. The molecule has 31 heavy (non-hydrogen) atoms. The van der Waals surface area contributed by atoms with Gasteiger partial charge in [0.2, 0.25) is 0 Å². The molecule has 3 heterocycles. The van der Waals surface area contributed by atoms with E-state index in [0.29, 0.717) is 12.4 Å². The van der Waals surface area contributed by atoms with Gasteiger partial charge in [-0.1, -0.05) is 32.4 Å². The summed E-state index contributed by atoms with van der Waals surface area (Å²) in [6.45, 7) is 4.59. The third kappa shape index (κ3) is 4.39. The van der Waals surface area contributed by atoms with Crippen LogP contribution in [-0.2, 0) is 13.0 Å². The molecule has 0 aliphatic heterocycles. The first-order valence-corrected chi connectivity index (χ1v) is 10.8. The lowest BCUT2D eigenvalue weighted by molar-refractivity contribution is 0.300. The summed E-state index contributed by atoms with van der Waals surface area (Å²) in [4.78, 5) is 20.5. The fraction of sp³-hybridized carbons (Fsp3) is 0.280. The molecule has 0 saturated carbocycles. The summed E-state index contributed by atoms with van der Waals surface area (Å²) in [5, 5.41) is 1.13. The first kappa shape index (κ1) is 20.9. The average molecular weight is 417 g/mol. The maximum Gasteiger partial charge on any atom is 0.258 e. The van der Waals surface area contributed by atoms with Crippen molar-refractivity contribution in [1.29, 1.82) is 0 Å². The van der Waals surface area contributed by atoms with Crippen LogP contribution in [0.4, 0.5) is 0 Å². The van der Waals surface area contributed by atoms with E-state index >= 15 is 0 Å². The number of ether oxygens (including phenoxy) is 1. The van der Waals surface area contributed by atoms with E-state index in [-0.39, 0.29) is 11.6 Å². The van der Waals surface area contributed by atoms with Crippen molar-refractivity contribution in [3.05, 3.63) is 88.2 Å². The van der Waals surface area contributed by atoms with Gasteiger partial charge in [-0.05, 0) is 48.7 Å². The van der Waals surface area contributed by atoms with E-state index < -0.39 is 0 Å². The Bertz CT molecular complexity index is 1230. The van der Waals surface area contributed by atoms with Gasteiger partial charge in [-0.15, -0.1) is 0 Å². The van der Waals surface area contributed by atoms with Crippen molar-refractivity contribution in [2.24, 2.45) is 5.73 Å². The summed E-state index contributed by atoms with van der Waals surface area (Å²) in [5.74, 6) is 0.522. The number of nitrogens with two attached hydrogens (primary N) is 1. The van der Waals surface area contributed by atoms with Gasteiger partial charge in [0.1, 0.15) is 12.4 Å². The van der Waals surface area contributed by atoms with Crippen LogP contribution in [-0.4, -0.2) is 14.5 Å². The van der Waals surface area contributed by atoms with Crippen molar-refractivity contribution in [1.82, 2.24) is 14.5 Å². The van der Waals surface area contributed by atoms with Gasteiger partial charge in [0.25, 0.3) is 5.56 Å². The van der Waals surface area contributed by atoms with Crippen LogP contribution in [0, 0.1) is 0 Å². The summed E-state index contributed by atoms with van der Waals surface area (Å²) >= 11 is 0. The molecule has 0 amide bonds. The van der Waals surface area contributed by atoms with Crippen LogP contribution < -0.4 is 16.0 Å². The second-order valence-electron chi connectivity index (χ2n) is 7.68. The number of aromatic amines is 1. The predicted molar refractivity (Wildman–Crippen MR) is 124 cm³/mol. The highest BCUT2D eigenvalue weighted by Gasteiger charge is 2.17. The van der Waals surface area contributed by atoms with E-state index in [1.807, 2.05) is 30.3 Å². The molecule has 0 aliphatic rings. The zero-order valence-electron chi connectivity index (χ0n) is 18.0. The van der Waals surface area contributed by atoms with Gasteiger partial charge < -0.3 is 15.5 Å². The number of nitrogens with zero attached hydrogens (tertiary/aromatic N) is 2. The molecule has 1 aromatic carbocycles. The number of nitrogens with one attached hydrogen (secondary N) is 1. The number of benzene rings is 1. The van der Waals surface area contributed by atoms with Crippen molar-refractivity contribution in [3.63, 3.8) is 0 Å². The van der Waals surface area contributed by atoms with Crippen molar-refractivity contribution in [2.75, 3.05) is 0 Å². The van der Waals surface area contributed by atoms with Gasteiger partial charge in [0.15, 0.2) is 0 Å². The second-order valence-corrected chi connectivity index (χ2v) is 7.68.